The Morgan fingerprint density at radius 1 is 0.550 bits per heavy atom. The molecule has 3 heteroatoms. The highest BCUT2D eigenvalue weighted by Crippen LogP contribution is 2.19. The van der Waals surface area contributed by atoms with Crippen molar-refractivity contribution in [1.82, 2.24) is 4.98 Å². The first-order chi connectivity index (χ1) is 19.8. The molecule has 1 aromatic carbocycles. The Morgan fingerprint density at radius 2 is 0.925 bits per heavy atom. The molecular formula is C37H63NO2. The first kappa shape index (κ1) is 34.4. The number of hydrogen-bond acceptors (Lipinski definition) is 2. The van der Waals surface area contributed by atoms with E-state index in [9.17, 15) is 4.79 Å². The molecule has 3 nitrogen and oxygen atoms in total. The number of nitrogens with one attached hydrogen (secondary N) is 1. The van der Waals surface area contributed by atoms with Crippen LogP contribution in [-0.2, 0) is 4.74 Å². The van der Waals surface area contributed by atoms with E-state index in [0.29, 0.717) is 12.2 Å². The minimum atomic E-state index is -0.211. The number of fused-ring (bicyclic) bond motifs is 1. The van der Waals surface area contributed by atoms with Crippen LogP contribution in [-0.4, -0.2) is 17.6 Å². The molecule has 0 atom stereocenters. The van der Waals surface area contributed by atoms with Crippen LogP contribution < -0.4 is 0 Å². The average Bonchev–Trinajstić information content (AvgIpc) is 3.41. The molecule has 0 saturated carbocycles. The summed E-state index contributed by atoms with van der Waals surface area (Å²) in [6.45, 7) is 2.82. The monoisotopic (exact) mass is 553 g/mol. The molecule has 0 amide bonds. The van der Waals surface area contributed by atoms with Gasteiger partial charge in [-0.2, -0.15) is 0 Å². The molecule has 0 aliphatic heterocycles. The van der Waals surface area contributed by atoms with Gasteiger partial charge in [0.1, 0.15) is 0 Å². The van der Waals surface area contributed by atoms with E-state index in [0.717, 1.165) is 23.7 Å². The summed E-state index contributed by atoms with van der Waals surface area (Å²) in [6.07, 6.45) is 38.2. The minimum Gasteiger partial charge on any atom is -0.462 e. The summed E-state index contributed by atoms with van der Waals surface area (Å²) < 4.78 is 5.49. The summed E-state index contributed by atoms with van der Waals surface area (Å²) in [4.78, 5) is 15.5. The summed E-state index contributed by atoms with van der Waals surface area (Å²) in [5.74, 6) is -0.211. The van der Waals surface area contributed by atoms with Gasteiger partial charge in [0.25, 0.3) is 0 Å². The van der Waals surface area contributed by atoms with Crippen molar-refractivity contribution in [2.75, 3.05) is 6.61 Å². The van der Waals surface area contributed by atoms with Gasteiger partial charge in [-0.05, 0) is 12.5 Å². The third-order valence-electron chi connectivity index (χ3n) is 8.54. The van der Waals surface area contributed by atoms with Crippen LogP contribution in [0.25, 0.3) is 10.9 Å². The van der Waals surface area contributed by atoms with Crippen LogP contribution in [0.15, 0.2) is 30.5 Å². The number of carbonyl (C=O) groups is 1. The standard InChI is InChI=1S/C37H63NO2/c1-2-3-4-5-6-7-8-9-10-11-12-13-14-15-16-17-18-19-20-21-22-23-24-25-26-29-32-40-37(39)35-33-38-36-31-28-27-30-34(35)36/h27-28,30-31,33,38H,2-26,29,32H2,1H3. The fourth-order valence-corrected chi connectivity index (χ4v) is 5.90. The van der Waals surface area contributed by atoms with Crippen LogP contribution in [0.1, 0.15) is 184 Å². The Morgan fingerprint density at radius 3 is 1.35 bits per heavy atom. The molecule has 228 valence electrons. The van der Waals surface area contributed by atoms with Crippen LogP contribution in [0.3, 0.4) is 0 Å². The SMILES string of the molecule is CCCCCCCCCCCCCCCCCCCCCCCCCCCCOC(=O)c1c[nH]c2ccccc12. The molecule has 0 unspecified atom stereocenters. The van der Waals surface area contributed by atoms with E-state index in [-0.39, 0.29) is 5.97 Å². The molecule has 0 fully saturated rings. The van der Waals surface area contributed by atoms with Crippen LogP contribution in [0.2, 0.25) is 0 Å². The maximum Gasteiger partial charge on any atom is 0.340 e. The van der Waals surface area contributed by atoms with E-state index < -0.39 is 0 Å². The van der Waals surface area contributed by atoms with Crippen molar-refractivity contribution in [3.8, 4) is 0 Å². The highest BCUT2D eigenvalue weighted by molar-refractivity contribution is 6.03. The third-order valence-corrected chi connectivity index (χ3v) is 8.54. The highest BCUT2D eigenvalue weighted by Gasteiger charge is 2.12. The molecule has 0 bridgehead atoms. The average molecular weight is 554 g/mol. The zero-order chi connectivity index (χ0) is 28.4. The number of H-pyrrole nitrogens is 1. The zero-order valence-corrected chi connectivity index (χ0v) is 26.3. The van der Waals surface area contributed by atoms with Crippen molar-refractivity contribution in [3.63, 3.8) is 0 Å². The predicted molar refractivity (Wildman–Crippen MR) is 174 cm³/mol. The lowest BCUT2D eigenvalue weighted by molar-refractivity contribution is 0.0500. The second-order valence-corrected chi connectivity index (χ2v) is 12.2. The van der Waals surface area contributed by atoms with E-state index in [1.807, 2.05) is 24.3 Å². The quantitative estimate of drug-likeness (QED) is 0.0841. The molecule has 1 N–H and O–H groups in total. The molecule has 40 heavy (non-hydrogen) atoms. The Hall–Kier alpha value is -1.77. The van der Waals surface area contributed by atoms with Gasteiger partial charge in [0, 0.05) is 17.1 Å². The van der Waals surface area contributed by atoms with E-state index in [4.69, 9.17) is 4.74 Å². The molecule has 1 heterocycles. The zero-order valence-electron chi connectivity index (χ0n) is 26.3. The number of hydrogen-bond donors (Lipinski definition) is 1. The number of unbranched alkanes of at least 4 members (excludes halogenated alkanes) is 25. The molecule has 2 rings (SSSR count). The topological polar surface area (TPSA) is 42.1 Å². The summed E-state index contributed by atoms with van der Waals surface area (Å²) in [7, 11) is 0. The van der Waals surface area contributed by atoms with E-state index in [1.54, 1.807) is 6.20 Å². The van der Waals surface area contributed by atoms with Gasteiger partial charge < -0.3 is 9.72 Å². The summed E-state index contributed by atoms with van der Waals surface area (Å²) in [5, 5.41) is 0.942. The first-order valence-electron chi connectivity index (χ1n) is 17.6. The molecule has 1 aromatic heterocycles. The molecule has 0 aliphatic rings. The third kappa shape index (κ3) is 17.1. The van der Waals surface area contributed by atoms with Gasteiger partial charge in [-0.1, -0.05) is 186 Å². The first-order valence-corrected chi connectivity index (χ1v) is 17.6. The second kappa shape index (κ2) is 25.0. The van der Waals surface area contributed by atoms with Gasteiger partial charge in [0.05, 0.1) is 12.2 Å². The van der Waals surface area contributed by atoms with Crippen LogP contribution in [0.4, 0.5) is 0 Å². The number of aromatic nitrogens is 1. The Kier molecular flexibility index (Phi) is 21.5. The highest BCUT2D eigenvalue weighted by atomic mass is 16.5. The maximum atomic E-state index is 12.3. The molecule has 0 aliphatic carbocycles. The fourth-order valence-electron chi connectivity index (χ4n) is 5.90. The summed E-state index contributed by atoms with van der Waals surface area (Å²) in [6, 6.07) is 7.86. The van der Waals surface area contributed by atoms with Gasteiger partial charge >= 0.3 is 5.97 Å². The number of rotatable bonds is 28. The lowest BCUT2D eigenvalue weighted by Gasteiger charge is -2.05. The smallest absolute Gasteiger partial charge is 0.340 e. The lowest BCUT2D eigenvalue weighted by Crippen LogP contribution is -2.05. The van der Waals surface area contributed by atoms with Crippen LogP contribution in [0, 0.1) is 0 Å². The van der Waals surface area contributed by atoms with Crippen molar-refractivity contribution < 1.29 is 9.53 Å². The maximum absolute atomic E-state index is 12.3. The number of ether oxygens (including phenoxy) is 1. The van der Waals surface area contributed by atoms with Crippen molar-refractivity contribution >= 4 is 16.9 Å². The summed E-state index contributed by atoms with van der Waals surface area (Å²) in [5.41, 5.74) is 1.63. The van der Waals surface area contributed by atoms with Crippen molar-refractivity contribution in [1.29, 1.82) is 0 Å². The van der Waals surface area contributed by atoms with E-state index >= 15 is 0 Å². The van der Waals surface area contributed by atoms with E-state index in [1.165, 1.54) is 154 Å². The second-order valence-electron chi connectivity index (χ2n) is 12.2. The van der Waals surface area contributed by atoms with Crippen LogP contribution >= 0.6 is 0 Å². The predicted octanol–water partition coefficient (Wildman–Crippen LogP) is 12.5. The molecule has 0 radical (unpaired) electrons. The van der Waals surface area contributed by atoms with Crippen molar-refractivity contribution in [3.05, 3.63) is 36.0 Å². The number of esters is 1. The normalized spacial score (nSPS) is 11.4. The van der Waals surface area contributed by atoms with Crippen molar-refractivity contribution in [2.24, 2.45) is 0 Å². The molecule has 0 saturated heterocycles. The largest absolute Gasteiger partial charge is 0.462 e. The molecule has 0 spiro atoms. The summed E-state index contributed by atoms with van der Waals surface area (Å²) >= 11 is 0. The number of carbonyl (C=O) groups excluding carboxylic acids is 1. The van der Waals surface area contributed by atoms with Gasteiger partial charge in [0.15, 0.2) is 0 Å². The number of para-hydroxylation sites is 1. The Balaban J connectivity index is 1.22. The molecule has 2 aromatic rings. The van der Waals surface area contributed by atoms with Crippen molar-refractivity contribution in [2.45, 2.75) is 174 Å². The van der Waals surface area contributed by atoms with Crippen LogP contribution in [0.5, 0.6) is 0 Å². The van der Waals surface area contributed by atoms with Gasteiger partial charge in [0.2, 0.25) is 0 Å². The van der Waals surface area contributed by atoms with Gasteiger partial charge in [-0.15, -0.1) is 0 Å². The van der Waals surface area contributed by atoms with E-state index in [2.05, 4.69) is 11.9 Å². The lowest BCUT2D eigenvalue weighted by atomic mass is 10.0. The number of aromatic amines is 1. The Bertz CT molecular complexity index is 842. The van der Waals surface area contributed by atoms with Gasteiger partial charge in [-0.25, -0.2) is 4.79 Å². The Labute approximate surface area is 247 Å². The van der Waals surface area contributed by atoms with Gasteiger partial charge in [-0.3, -0.25) is 0 Å². The minimum absolute atomic E-state index is 0.211. The fraction of sp³-hybridized carbons (Fsp3) is 0.757. The molecular weight excluding hydrogens is 490 g/mol. The number of benzene rings is 1.